The highest BCUT2D eigenvalue weighted by atomic mass is 79.9. The van der Waals surface area contributed by atoms with E-state index in [1.807, 2.05) is 6.92 Å². The summed E-state index contributed by atoms with van der Waals surface area (Å²) in [5.41, 5.74) is 6.78. The number of nitrogen functional groups attached to an aromatic ring is 1. The van der Waals surface area contributed by atoms with Crippen LogP contribution in [0, 0.1) is 6.92 Å². The summed E-state index contributed by atoms with van der Waals surface area (Å²) in [5.74, 6) is 1.34. The highest BCUT2D eigenvalue weighted by molar-refractivity contribution is 9.10. The van der Waals surface area contributed by atoms with Crippen molar-refractivity contribution in [3.8, 4) is 0 Å². The van der Waals surface area contributed by atoms with Gasteiger partial charge in [0.2, 0.25) is 0 Å². The first-order valence-electron chi connectivity index (χ1n) is 5.67. The zero-order valence-corrected chi connectivity index (χ0v) is 12.0. The minimum atomic E-state index is 0.225. The molecule has 1 aromatic rings. The van der Waals surface area contributed by atoms with E-state index in [0.29, 0.717) is 5.82 Å². The van der Waals surface area contributed by atoms with Crippen molar-refractivity contribution in [2.24, 2.45) is 0 Å². The first-order chi connectivity index (χ1) is 7.99. The van der Waals surface area contributed by atoms with Gasteiger partial charge in [-0.25, -0.2) is 9.97 Å². The highest BCUT2D eigenvalue weighted by Gasteiger charge is 2.26. The lowest BCUT2D eigenvalue weighted by Gasteiger charge is -2.36. The predicted molar refractivity (Wildman–Crippen MR) is 71.7 cm³/mol. The molecule has 1 atom stereocenters. The Morgan fingerprint density at radius 3 is 2.65 bits per heavy atom. The van der Waals surface area contributed by atoms with Crippen LogP contribution in [0.15, 0.2) is 4.47 Å². The van der Waals surface area contributed by atoms with E-state index in [1.165, 1.54) is 0 Å². The number of aryl methyl sites for hydroxylation is 1. The lowest BCUT2D eigenvalue weighted by Crippen LogP contribution is -2.45. The van der Waals surface area contributed by atoms with E-state index in [0.717, 1.165) is 35.6 Å². The van der Waals surface area contributed by atoms with E-state index in [4.69, 9.17) is 5.73 Å². The van der Waals surface area contributed by atoms with Gasteiger partial charge in [0.25, 0.3) is 0 Å². The molecule has 0 radical (unpaired) electrons. The minimum Gasteiger partial charge on any atom is -0.383 e. The minimum absolute atomic E-state index is 0.225. The molecule has 0 amide bonds. The van der Waals surface area contributed by atoms with Crippen LogP contribution < -0.4 is 5.73 Å². The summed E-state index contributed by atoms with van der Waals surface area (Å²) >= 11 is 3.39. The molecule has 1 aromatic heterocycles. The molecule has 0 aliphatic carbocycles. The van der Waals surface area contributed by atoms with Crippen LogP contribution in [0.5, 0.6) is 0 Å². The van der Waals surface area contributed by atoms with Gasteiger partial charge < -0.3 is 10.6 Å². The van der Waals surface area contributed by atoms with E-state index in [9.17, 15) is 0 Å². The summed E-state index contributed by atoms with van der Waals surface area (Å²) in [5, 5.41) is 0. The third-order valence-corrected chi connectivity index (χ3v) is 4.19. The Hall–Kier alpha value is -0.720. The molecule has 0 aromatic carbocycles. The van der Waals surface area contributed by atoms with Gasteiger partial charge in [-0.15, -0.1) is 0 Å². The lowest BCUT2D eigenvalue weighted by atomic mass is 10.1. The number of rotatable bonds is 1. The smallest absolute Gasteiger partial charge is 0.149 e. The van der Waals surface area contributed by atoms with Crippen LogP contribution in [0.4, 0.5) is 5.82 Å². The molecule has 6 heteroatoms. The number of nitrogens with zero attached hydrogens (tertiary/aromatic N) is 4. The first-order valence-corrected chi connectivity index (χ1v) is 6.46. The van der Waals surface area contributed by atoms with Crippen molar-refractivity contribution < 1.29 is 0 Å². The Morgan fingerprint density at radius 2 is 2.00 bits per heavy atom. The molecule has 2 rings (SSSR count). The quantitative estimate of drug-likeness (QED) is 0.840. The number of anilines is 1. The van der Waals surface area contributed by atoms with Crippen LogP contribution in [-0.2, 0) is 0 Å². The molecule has 1 unspecified atom stereocenters. The topological polar surface area (TPSA) is 58.3 Å². The Kier molecular flexibility index (Phi) is 3.65. The fourth-order valence-corrected chi connectivity index (χ4v) is 2.22. The van der Waals surface area contributed by atoms with Gasteiger partial charge in [0.1, 0.15) is 11.6 Å². The number of aromatic nitrogens is 2. The van der Waals surface area contributed by atoms with Crippen LogP contribution >= 0.6 is 15.9 Å². The molecular weight excluding hydrogens is 282 g/mol. The number of likely N-dealkylation sites (N-methyl/N-ethyl adjacent to an activating group) is 2. The van der Waals surface area contributed by atoms with Crippen molar-refractivity contribution in [3.63, 3.8) is 0 Å². The van der Waals surface area contributed by atoms with Crippen LogP contribution in [0.2, 0.25) is 0 Å². The Balaban J connectivity index is 2.32. The van der Waals surface area contributed by atoms with E-state index in [1.54, 1.807) is 0 Å². The van der Waals surface area contributed by atoms with Crippen molar-refractivity contribution in [1.82, 2.24) is 19.8 Å². The number of piperazine rings is 1. The second-order valence-electron chi connectivity index (χ2n) is 4.63. The second-order valence-corrected chi connectivity index (χ2v) is 5.42. The third-order valence-electron chi connectivity index (χ3n) is 3.21. The summed E-state index contributed by atoms with van der Waals surface area (Å²) in [4.78, 5) is 13.5. The van der Waals surface area contributed by atoms with E-state index >= 15 is 0 Å². The Bertz CT molecular complexity index is 399. The molecule has 1 aliphatic heterocycles. The van der Waals surface area contributed by atoms with Gasteiger partial charge >= 0.3 is 0 Å². The van der Waals surface area contributed by atoms with E-state index in [-0.39, 0.29) is 6.04 Å². The van der Waals surface area contributed by atoms with Gasteiger partial charge in [0.15, 0.2) is 0 Å². The van der Waals surface area contributed by atoms with Crippen molar-refractivity contribution in [3.05, 3.63) is 16.0 Å². The van der Waals surface area contributed by atoms with Crippen molar-refractivity contribution in [2.45, 2.75) is 13.0 Å². The summed E-state index contributed by atoms with van der Waals surface area (Å²) in [6.45, 7) is 4.99. The molecule has 0 bridgehead atoms. The molecular formula is C11H18BrN5. The van der Waals surface area contributed by atoms with Gasteiger partial charge in [0, 0.05) is 19.6 Å². The average molecular weight is 300 g/mol. The maximum atomic E-state index is 5.88. The Labute approximate surface area is 110 Å². The SMILES string of the molecule is Cc1nc(C2CN(C)CCN2C)nc(N)c1Br. The van der Waals surface area contributed by atoms with Gasteiger partial charge in [-0.2, -0.15) is 0 Å². The number of hydrogen-bond acceptors (Lipinski definition) is 5. The normalized spacial score (nSPS) is 22.9. The van der Waals surface area contributed by atoms with Crippen LogP contribution in [0.25, 0.3) is 0 Å². The Morgan fingerprint density at radius 1 is 1.29 bits per heavy atom. The zero-order valence-electron chi connectivity index (χ0n) is 10.4. The predicted octanol–water partition coefficient (Wildman–Crippen LogP) is 1.05. The molecule has 1 aliphatic rings. The molecule has 1 fully saturated rings. The van der Waals surface area contributed by atoms with Crippen LogP contribution in [0.3, 0.4) is 0 Å². The largest absolute Gasteiger partial charge is 0.383 e. The number of hydrogen-bond donors (Lipinski definition) is 1. The van der Waals surface area contributed by atoms with Gasteiger partial charge in [-0.3, -0.25) is 4.90 Å². The number of nitrogens with two attached hydrogens (primary N) is 1. The molecule has 1 saturated heterocycles. The molecule has 0 spiro atoms. The summed E-state index contributed by atoms with van der Waals surface area (Å²) in [7, 11) is 4.23. The molecule has 2 N–H and O–H groups in total. The van der Waals surface area contributed by atoms with Crippen LogP contribution in [0.1, 0.15) is 17.6 Å². The fourth-order valence-electron chi connectivity index (χ4n) is 2.04. The molecule has 17 heavy (non-hydrogen) atoms. The monoisotopic (exact) mass is 299 g/mol. The van der Waals surface area contributed by atoms with Crippen molar-refractivity contribution >= 4 is 21.7 Å². The average Bonchev–Trinajstić information content (AvgIpc) is 2.28. The van der Waals surface area contributed by atoms with E-state index in [2.05, 4.69) is 49.8 Å². The van der Waals surface area contributed by atoms with Crippen molar-refractivity contribution in [1.29, 1.82) is 0 Å². The number of halogens is 1. The second kappa shape index (κ2) is 4.88. The standard InChI is InChI=1S/C11H18BrN5/c1-7-9(12)10(13)15-11(14-7)8-6-16(2)4-5-17(8)3/h8H,4-6H2,1-3H3,(H2,13,14,15). The maximum Gasteiger partial charge on any atom is 0.149 e. The maximum absolute atomic E-state index is 5.88. The first kappa shape index (κ1) is 12.7. The van der Waals surface area contributed by atoms with Crippen molar-refractivity contribution in [2.75, 3.05) is 39.5 Å². The lowest BCUT2D eigenvalue weighted by molar-refractivity contribution is 0.109. The molecule has 0 saturated carbocycles. The van der Waals surface area contributed by atoms with Gasteiger partial charge in [0.05, 0.1) is 16.2 Å². The summed E-state index contributed by atoms with van der Waals surface area (Å²) in [6, 6.07) is 0.225. The van der Waals surface area contributed by atoms with Crippen LogP contribution in [-0.4, -0.2) is 53.5 Å². The fraction of sp³-hybridized carbons (Fsp3) is 0.636. The zero-order chi connectivity index (χ0) is 12.6. The van der Waals surface area contributed by atoms with Gasteiger partial charge in [-0.1, -0.05) is 0 Å². The summed E-state index contributed by atoms with van der Waals surface area (Å²) in [6.07, 6.45) is 0. The third kappa shape index (κ3) is 2.59. The highest BCUT2D eigenvalue weighted by Crippen LogP contribution is 2.25. The molecule has 94 valence electrons. The molecule has 2 heterocycles. The van der Waals surface area contributed by atoms with E-state index < -0.39 is 0 Å². The molecule has 5 nitrogen and oxygen atoms in total. The summed E-state index contributed by atoms with van der Waals surface area (Å²) < 4.78 is 0.799. The van der Waals surface area contributed by atoms with Gasteiger partial charge in [-0.05, 0) is 36.9 Å².